The minimum Gasteiger partial charge on any atom is -0.355 e. The summed E-state index contributed by atoms with van der Waals surface area (Å²) in [5, 5.41) is 6.45. The number of aryl methyl sites for hydroxylation is 6. The molecular formula is C39H42N2O12S4. The summed E-state index contributed by atoms with van der Waals surface area (Å²) < 4.78 is 139. The largest absolute Gasteiger partial charge is 0.355 e. The SMILES string of the molecule is Cc1cc(Nc2c(C)cc(C)c(S(=O)(=O)O)c2C)ccc1C(c1ccc(Nc2c(C)cc(C)c(S(=O)(=O)O)c2C)cc1C)c1ccc(S(=O)(=O)O)cc1S(=O)(=O)O. The van der Waals surface area contributed by atoms with Crippen LogP contribution in [0.4, 0.5) is 22.7 Å². The summed E-state index contributed by atoms with van der Waals surface area (Å²) in [4.78, 5) is -1.98. The molecule has 6 N–H and O–H groups in total. The third-order valence-electron chi connectivity index (χ3n) is 9.89. The van der Waals surface area contributed by atoms with Crippen LogP contribution in [0.1, 0.15) is 67.1 Å². The highest BCUT2D eigenvalue weighted by molar-refractivity contribution is 7.87. The molecule has 0 unspecified atom stereocenters. The Kier molecular flexibility index (Phi) is 11.6. The number of nitrogens with one attached hydrogen (secondary N) is 2. The normalized spacial score (nSPS) is 12.6. The zero-order valence-electron chi connectivity index (χ0n) is 32.1. The van der Waals surface area contributed by atoms with Crippen molar-refractivity contribution in [1.29, 1.82) is 0 Å². The molecule has 5 rings (SSSR count). The van der Waals surface area contributed by atoms with Crippen molar-refractivity contribution in [1.82, 2.24) is 0 Å². The van der Waals surface area contributed by atoms with Crippen molar-refractivity contribution in [2.45, 2.75) is 80.9 Å². The summed E-state index contributed by atoms with van der Waals surface area (Å²) in [5.74, 6) is -0.983. The third kappa shape index (κ3) is 8.92. The van der Waals surface area contributed by atoms with Crippen molar-refractivity contribution in [2.75, 3.05) is 10.6 Å². The van der Waals surface area contributed by atoms with E-state index in [9.17, 15) is 51.9 Å². The van der Waals surface area contributed by atoms with Crippen LogP contribution in [0.15, 0.2) is 86.3 Å². The summed E-state index contributed by atoms with van der Waals surface area (Å²) in [5.41, 5.74) is 6.80. The average molecular weight is 859 g/mol. The predicted molar refractivity (Wildman–Crippen MR) is 217 cm³/mol. The molecule has 0 radical (unpaired) electrons. The fourth-order valence-electron chi connectivity index (χ4n) is 7.60. The van der Waals surface area contributed by atoms with Gasteiger partial charge in [0, 0.05) is 28.7 Å². The molecule has 14 nitrogen and oxygen atoms in total. The molecule has 0 bridgehead atoms. The van der Waals surface area contributed by atoms with Gasteiger partial charge in [0.15, 0.2) is 0 Å². The first-order valence-corrected chi connectivity index (χ1v) is 22.9. The Balaban J connectivity index is 1.70. The van der Waals surface area contributed by atoms with E-state index in [1.54, 1.807) is 104 Å². The fourth-order valence-corrected chi connectivity index (χ4v) is 10.8. The minimum absolute atomic E-state index is 0.0245. The van der Waals surface area contributed by atoms with Crippen molar-refractivity contribution in [3.05, 3.63) is 128 Å². The van der Waals surface area contributed by atoms with Gasteiger partial charge in [-0.1, -0.05) is 30.3 Å². The summed E-state index contributed by atoms with van der Waals surface area (Å²) in [7, 11) is -19.1. The van der Waals surface area contributed by atoms with Crippen LogP contribution in [0, 0.1) is 55.4 Å². The van der Waals surface area contributed by atoms with Gasteiger partial charge >= 0.3 is 0 Å². The molecule has 5 aromatic rings. The molecule has 0 spiro atoms. The molecule has 5 aromatic carbocycles. The van der Waals surface area contributed by atoms with Crippen LogP contribution < -0.4 is 10.6 Å². The molecule has 0 saturated carbocycles. The Labute approximate surface area is 333 Å². The summed E-state index contributed by atoms with van der Waals surface area (Å²) in [6.45, 7) is 13.3. The average Bonchev–Trinajstić information content (AvgIpc) is 3.04. The van der Waals surface area contributed by atoms with Gasteiger partial charge in [0.05, 0.1) is 9.79 Å². The fraction of sp³-hybridized carbons (Fsp3) is 0.231. The zero-order chi connectivity index (χ0) is 42.7. The highest BCUT2D eigenvalue weighted by atomic mass is 32.2. The van der Waals surface area contributed by atoms with Crippen LogP contribution in [0.5, 0.6) is 0 Å². The smallest absolute Gasteiger partial charge is 0.295 e. The summed E-state index contributed by atoms with van der Waals surface area (Å²) >= 11 is 0. The molecule has 0 aromatic heterocycles. The Morgan fingerprint density at radius 3 is 1.14 bits per heavy atom. The first kappa shape index (κ1) is 43.5. The maximum absolute atomic E-state index is 12.9. The lowest BCUT2D eigenvalue weighted by atomic mass is 9.81. The second kappa shape index (κ2) is 15.3. The van der Waals surface area contributed by atoms with Gasteiger partial charge in [0.25, 0.3) is 40.5 Å². The highest BCUT2D eigenvalue weighted by Gasteiger charge is 2.30. The van der Waals surface area contributed by atoms with E-state index in [0.29, 0.717) is 84.5 Å². The van der Waals surface area contributed by atoms with E-state index in [1.807, 2.05) is 0 Å². The lowest BCUT2D eigenvalue weighted by Gasteiger charge is -2.26. The zero-order valence-corrected chi connectivity index (χ0v) is 35.4. The number of hydrogen-bond donors (Lipinski definition) is 6. The van der Waals surface area contributed by atoms with Crippen molar-refractivity contribution < 1.29 is 51.9 Å². The standard InChI is InChI=1S/C39H42N2O12S4/c1-20-17-28(40-36-22(3)15-24(5)38(26(36)7)56(48,49)50)9-12-31(20)35(33-14-11-30(54(42,43)44)19-34(33)55(45,46)47)32-13-10-29(18-21(32)2)41-37-23(4)16-25(6)39(27(37)8)57(51,52)53/h9-19,35,40-41H,1-8H3,(H,42,43,44)(H,45,46,47)(H,48,49,50)(H,51,52,53). The number of hydrogen-bond acceptors (Lipinski definition) is 10. The molecule has 18 heteroatoms. The topological polar surface area (TPSA) is 242 Å². The molecule has 57 heavy (non-hydrogen) atoms. The minimum atomic E-state index is -5.10. The van der Waals surface area contributed by atoms with Crippen LogP contribution in [-0.2, 0) is 40.5 Å². The van der Waals surface area contributed by atoms with E-state index in [2.05, 4.69) is 10.6 Å². The van der Waals surface area contributed by atoms with E-state index in [-0.39, 0.29) is 15.4 Å². The van der Waals surface area contributed by atoms with Crippen LogP contribution >= 0.6 is 0 Å². The first-order chi connectivity index (χ1) is 26.1. The molecule has 0 heterocycles. The van der Waals surface area contributed by atoms with Gasteiger partial charge in [-0.25, -0.2) is 0 Å². The lowest BCUT2D eigenvalue weighted by molar-refractivity contribution is 0.477. The number of rotatable bonds is 11. The van der Waals surface area contributed by atoms with Crippen molar-refractivity contribution in [3.63, 3.8) is 0 Å². The Hall–Kier alpha value is -4.66. The van der Waals surface area contributed by atoms with Gasteiger partial charge < -0.3 is 10.6 Å². The van der Waals surface area contributed by atoms with Crippen LogP contribution in [0.25, 0.3) is 0 Å². The third-order valence-corrected chi connectivity index (χ3v) is 13.9. The molecule has 0 aliphatic rings. The molecule has 0 aliphatic heterocycles. The van der Waals surface area contributed by atoms with Crippen molar-refractivity contribution in [3.8, 4) is 0 Å². The van der Waals surface area contributed by atoms with Crippen LogP contribution in [0.3, 0.4) is 0 Å². The van der Waals surface area contributed by atoms with Gasteiger partial charge in [-0.2, -0.15) is 33.7 Å². The second-order valence-electron chi connectivity index (χ2n) is 14.1. The Morgan fingerprint density at radius 2 is 0.807 bits per heavy atom. The van der Waals surface area contributed by atoms with Gasteiger partial charge in [0.2, 0.25) is 0 Å². The number of anilines is 4. The molecule has 0 fully saturated rings. The lowest BCUT2D eigenvalue weighted by Crippen LogP contribution is -2.14. The quantitative estimate of drug-likeness (QED) is 0.0549. The molecule has 0 atom stereocenters. The maximum Gasteiger partial charge on any atom is 0.295 e. The van der Waals surface area contributed by atoms with Crippen molar-refractivity contribution in [2.24, 2.45) is 0 Å². The van der Waals surface area contributed by atoms with Gasteiger partial charge in [-0.3, -0.25) is 18.2 Å². The Morgan fingerprint density at radius 1 is 0.421 bits per heavy atom. The first-order valence-electron chi connectivity index (χ1n) is 17.1. The van der Waals surface area contributed by atoms with Gasteiger partial charge in [-0.15, -0.1) is 0 Å². The van der Waals surface area contributed by atoms with E-state index in [1.165, 1.54) is 6.07 Å². The summed E-state index contributed by atoms with van der Waals surface area (Å²) in [6.07, 6.45) is 0. The second-order valence-corrected chi connectivity index (χ2v) is 19.6. The highest BCUT2D eigenvalue weighted by Crippen LogP contribution is 2.42. The van der Waals surface area contributed by atoms with Crippen molar-refractivity contribution >= 4 is 63.2 Å². The Bertz CT molecular complexity index is 2800. The van der Waals surface area contributed by atoms with Crippen LogP contribution in [-0.4, -0.2) is 51.9 Å². The maximum atomic E-state index is 12.9. The monoisotopic (exact) mass is 858 g/mol. The molecular weight excluding hydrogens is 817 g/mol. The van der Waals surface area contributed by atoms with E-state index in [0.717, 1.165) is 6.07 Å². The molecule has 0 aliphatic carbocycles. The van der Waals surface area contributed by atoms with Gasteiger partial charge in [0.1, 0.15) is 9.79 Å². The van der Waals surface area contributed by atoms with E-state index < -0.39 is 56.2 Å². The molecule has 0 amide bonds. The molecule has 304 valence electrons. The van der Waals surface area contributed by atoms with Crippen LogP contribution in [0.2, 0.25) is 0 Å². The van der Waals surface area contributed by atoms with E-state index >= 15 is 0 Å². The van der Waals surface area contributed by atoms with Gasteiger partial charge in [-0.05, 0) is 153 Å². The predicted octanol–water partition coefficient (Wildman–Crippen LogP) is 7.81. The molecule has 0 saturated heterocycles. The number of benzene rings is 5. The summed E-state index contributed by atoms with van der Waals surface area (Å²) in [6, 6.07) is 16.3. The van der Waals surface area contributed by atoms with E-state index in [4.69, 9.17) is 0 Å².